The molecule has 0 N–H and O–H groups in total. The van der Waals surface area contributed by atoms with Crippen molar-refractivity contribution in [2.24, 2.45) is 16.0 Å². The van der Waals surface area contributed by atoms with Crippen LogP contribution in [-0.2, 0) is 9.57 Å². The number of hydrogen-bond acceptors (Lipinski definition) is 6. The van der Waals surface area contributed by atoms with Gasteiger partial charge in [0.2, 0.25) is 0 Å². The molecule has 1 aromatic heterocycles. The molecule has 2 spiro atoms. The normalized spacial score (nSPS) is 27.8. The fraction of sp³-hybridized carbons (Fsp3) is 0.429. The second-order valence-electron chi connectivity index (χ2n) is 10.8. The first-order valence-electron chi connectivity index (χ1n) is 12.5. The van der Waals surface area contributed by atoms with Gasteiger partial charge in [-0.3, -0.25) is 0 Å². The van der Waals surface area contributed by atoms with Gasteiger partial charge in [-0.2, -0.15) is 0 Å². The minimum Gasteiger partial charge on any atom is -0.495 e. The molecular formula is C28H29FN4O3. The van der Waals surface area contributed by atoms with Gasteiger partial charge in [0.15, 0.2) is 5.84 Å². The van der Waals surface area contributed by atoms with E-state index in [0.29, 0.717) is 12.5 Å². The fourth-order valence-electron chi connectivity index (χ4n) is 6.59. The zero-order valence-corrected chi connectivity index (χ0v) is 20.5. The molecule has 2 aromatic carbocycles. The number of halogens is 1. The Kier molecular flexibility index (Phi) is 4.74. The lowest BCUT2D eigenvalue weighted by Gasteiger charge is -2.55. The Morgan fingerprint density at radius 1 is 1.11 bits per heavy atom. The molecule has 2 saturated heterocycles. The maximum absolute atomic E-state index is 13.6. The predicted molar refractivity (Wildman–Crippen MR) is 132 cm³/mol. The zero-order valence-electron chi connectivity index (χ0n) is 20.5. The van der Waals surface area contributed by atoms with Gasteiger partial charge in [-0.25, -0.2) is 9.37 Å². The number of imidazole rings is 1. The molecule has 3 unspecified atom stereocenters. The number of ether oxygens (including phenoxy) is 2. The third kappa shape index (κ3) is 3.27. The summed E-state index contributed by atoms with van der Waals surface area (Å²) in [5, 5.41) is 4.65. The standard InChI is InChI=1S/C28H29FN4O3/c1-18-11-32(17-30-18)23-8-5-20(9-25(23)34-2)22-10-28(22)13-27(15-35-16-27)14-33-24(12-36-31-26(28)33)19-3-6-21(29)7-4-19/h3-9,11,17,22,24H,10,12-16H2,1-2H3. The molecule has 7 rings (SSSR count). The Hall–Kier alpha value is -3.39. The molecule has 0 bridgehead atoms. The quantitative estimate of drug-likeness (QED) is 0.537. The van der Waals surface area contributed by atoms with Crippen LogP contribution >= 0.6 is 0 Å². The molecule has 0 radical (unpaired) electrons. The van der Waals surface area contributed by atoms with Gasteiger partial charge < -0.3 is 23.8 Å². The van der Waals surface area contributed by atoms with E-state index in [1.54, 1.807) is 7.11 Å². The van der Waals surface area contributed by atoms with Crippen LogP contribution < -0.4 is 4.74 Å². The summed E-state index contributed by atoms with van der Waals surface area (Å²) in [6, 6.07) is 13.3. The van der Waals surface area contributed by atoms with E-state index >= 15 is 0 Å². The average Bonchev–Trinajstić information content (AvgIpc) is 3.42. The van der Waals surface area contributed by atoms with Crippen LogP contribution in [0.5, 0.6) is 5.75 Å². The van der Waals surface area contributed by atoms with E-state index in [0.717, 1.165) is 61.1 Å². The van der Waals surface area contributed by atoms with Crippen LogP contribution in [-0.4, -0.2) is 53.8 Å². The lowest BCUT2D eigenvalue weighted by atomic mass is 9.69. The molecular weight excluding hydrogens is 459 g/mol. The number of amidine groups is 1. The summed E-state index contributed by atoms with van der Waals surface area (Å²) in [5.74, 6) is 1.94. The largest absolute Gasteiger partial charge is 0.495 e. The maximum Gasteiger partial charge on any atom is 0.152 e. The SMILES string of the molecule is COc1cc(C2CC23CC2(COC2)CN2C3=NOCC2c2ccc(F)cc2)ccc1-n1cnc(C)c1. The Morgan fingerprint density at radius 3 is 2.61 bits per heavy atom. The first kappa shape index (κ1) is 21.9. The van der Waals surface area contributed by atoms with Crippen molar-refractivity contribution in [3.63, 3.8) is 0 Å². The molecule has 186 valence electrons. The lowest BCUT2D eigenvalue weighted by Crippen LogP contribution is -2.62. The topological polar surface area (TPSA) is 61.1 Å². The Bertz CT molecular complexity index is 1350. The molecule has 4 aliphatic rings. The second-order valence-corrected chi connectivity index (χ2v) is 10.8. The fourth-order valence-corrected chi connectivity index (χ4v) is 6.59. The van der Waals surface area contributed by atoms with E-state index in [9.17, 15) is 4.39 Å². The van der Waals surface area contributed by atoms with Crippen molar-refractivity contribution in [2.45, 2.75) is 31.7 Å². The van der Waals surface area contributed by atoms with Crippen molar-refractivity contribution in [3.8, 4) is 11.4 Å². The molecule has 7 nitrogen and oxygen atoms in total. The predicted octanol–water partition coefficient (Wildman–Crippen LogP) is 4.61. The van der Waals surface area contributed by atoms with Gasteiger partial charge in [-0.05, 0) is 61.1 Å². The van der Waals surface area contributed by atoms with Crippen molar-refractivity contribution in [3.05, 3.63) is 77.6 Å². The number of aryl methyl sites for hydroxylation is 1. The molecule has 36 heavy (non-hydrogen) atoms. The van der Waals surface area contributed by atoms with Gasteiger partial charge in [-0.15, -0.1) is 0 Å². The number of oxime groups is 1. The monoisotopic (exact) mass is 488 g/mol. The van der Waals surface area contributed by atoms with E-state index in [1.807, 2.05) is 36.1 Å². The number of hydrogen-bond donors (Lipinski definition) is 0. The van der Waals surface area contributed by atoms with Crippen LogP contribution in [0.2, 0.25) is 0 Å². The summed E-state index contributed by atoms with van der Waals surface area (Å²) in [7, 11) is 1.71. The summed E-state index contributed by atoms with van der Waals surface area (Å²) >= 11 is 0. The minimum atomic E-state index is -0.228. The van der Waals surface area contributed by atoms with Gasteiger partial charge in [0, 0.05) is 23.6 Å². The van der Waals surface area contributed by atoms with Gasteiger partial charge in [0.25, 0.3) is 0 Å². The summed E-state index contributed by atoms with van der Waals surface area (Å²) in [6.45, 7) is 4.86. The molecule has 3 aromatic rings. The summed E-state index contributed by atoms with van der Waals surface area (Å²) in [5.41, 5.74) is 4.25. The molecule has 1 saturated carbocycles. The highest BCUT2D eigenvalue weighted by molar-refractivity contribution is 5.94. The van der Waals surface area contributed by atoms with Gasteiger partial charge in [0.1, 0.15) is 18.2 Å². The first-order chi connectivity index (χ1) is 17.5. The second kappa shape index (κ2) is 7.80. The molecule has 1 aliphatic carbocycles. The van der Waals surface area contributed by atoms with Crippen molar-refractivity contribution in [1.29, 1.82) is 0 Å². The molecule has 3 fully saturated rings. The number of piperidine rings is 1. The first-order valence-corrected chi connectivity index (χ1v) is 12.5. The van der Waals surface area contributed by atoms with Crippen LogP contribution in [0.3, 0.4) is 0 Å². The number of aromatic nitrogens is 2. The summed E-state index contributed by atoms with van der Waals surface area (Å²) < 4.78 is 27.2. The number of nitrogens with zero attached hydrogens (tertiary/aromatic N) is 4. The Balaban J connectivity index is 1.24. The van der Waals surface area contributed by atoms with Crippen LogP contribution in [0.25, 0.3) is 5.69 Å². The summed E-state index contributed by atoms with van der Waals surface area (Å²) in [6.07, 6.45) is 5.86. The van der Waals surface area contributed by atoms with E-state index in [2.05, 4.69) is 33.2 Å². The molecule has 4 heterocycles. The lowest BCUT2D eigenvalue weighted by molar-refractivity contribution is -0.148. The Labute approximate surface area is 209 Å². The van der Waals surface area contributed by atoms with E-state index in [4.69, 9.17) is 14.3 Å². The smallest absolute Gasteiger partial charge is 0.152 e. The number of fused-ring (bicyclic) bond motifs is 2. The average molecular weight is 489 g/mol. The van der Waals surface area contributed by atoms with Gasteiger partial charge in [-0.1, -0.05) is 23.4 Å². The maximum atomic E-state index is 13.6. The van der Waals surface area contributed by atoms with E-state index in [1.165, 1.54) is 17.7 Å². The van der Waals surface area contributed by atoms with Crippen molar-refractivity contribution < 1.29 is 18.7 Å². The highest BCUT2D eigenvalue weighted by Gasteiger charge is 2.68. The molecule has 0 amide bonds. The van der Waals surface area contributed by atoms with Crippen molar-refractivity contribution in [1.82, 2.24) is 14.5 Å². The van der Waals surface area contributed by atoms with Crippen molar-refractivity contribution >= 4 is 5.84 Å². The van der Waals surface area contributed by atoms with Crippen LogP contribution in [0.4, 0.5) is 4.39 Å². The number of benzene rings is 2. The van der Waals surface area contributed by atoms with Crippen LogP contribution in [0, 0.1) is 23.6 Å². The summed E-state index contributed by atoms with van der Waals surface area (Å²) in [4.78, 5) is 12.6. The van der Waals surface area contributed by atoms with Crippen molar-refractivity contribution in [2.75, 3.05) is 33.5 Å². The number of rotatable bonds is 4. The van der Waals surface area contributed by atoms with Crippen LogP contribution in [0.15, 0.2) is 60.1 Å². The van der Waals surface area contributed by atoms with E-state index in [-0.39, 0.29) is 22.7 Å². The van der Waals surface area contributed by atoms with E-state index < -0.39 is 0 Å². The highest BCUT2D eigenvalue weighted by atomic mass is 19.1. The minimum absolute atomic E-state index is 0.00962. The molecule has 8 heteroatoms. The van der Waals surface area contributed by atoms with Crippen LogP contribution in [0.1, 0.15) is 41.6 Å². The number of methoxy groups -OCH3 is 1. The Morgan fingerprint density at radius 2 is 1.92 bits per heavy atom. The highest BCUT2D eigenvalue weighted by Crippen LogP contribution is 2.69. The third-order valence-corrected chi connectivity index (χ3v) is 8.42. The third-order valence-electron chi connectivity index (χ3n) is 8.42. The molecule has 3 aliphatic heterocycles. The van der Waals surface area contributed by atoms with Gasteiger partial charge in [0.05, 0.1) is 44.1 Å². The van der Waals surface area contributed by atoms with Gasteiger partial charge >= 0.3 is 0 Å². The zero-order chi connectivity index (χ0) is 24.5. The molecule has 3 atom stereocenters.